The Hall–Kier alpha value is -1.09. The first kappa shape index (κ1) is 10.4. The summed E-state index contributed by atoms with van der Waals surface area (Å²) < 4.78 is 5.63. The molecule has 0 saturated heterocycles. The van der Waals surface area contributed by atoms with Crippen LogP contribution in [0.5, 0.6) is 0 Å². The van der Waals surface area contributed by atoms with E-state index >= 15 is 0 Å². The van der Waals surface area contributed by atoms with Crippen LogP contribution in [0, 0.1) is 0 Å². The van der Waals surface area contributed by atoms with E-state index in [0.29, 0.717) is 4.67 Å². The van der Waals surface area contributed by atoms with Gasteiger partial charge in [0.15, 0.2) is 0 Å². The molecule has 78 valence electrons. The maximum absolute atomic E-state index is 4.96. The third-order valence-electron chi connectivity index (χ3n) is 2.27. The number of aromatic nitrogens is 1. The van der Waals surface area contributed by atoms with Crippen molar-refractivity contribution < 1.29 is 4.52 Å². The fraction of sp³-hybridized carbons (Fsp3) is 0.250. The molecule has 0 bridgehead atoms. The minimum atomic E-state index is 0.662. The minimum Gasteiger partial charge on any atom is -0.349 e. The van der Waals surface area contributed by atoms with E-state index < -0.39 is 0 Å². The van der Waals surface area contributed by atoms with Crippen LogP contribution in [0.1, 0.15) is 18.9 Å². The fourth-order valence-corrected chi connectivity index (χ4v) is 1.81. The molecule has 0 radical (unpaired) electrons. The zero-order valence-electron chi connectivity index (χ0n) is 8.53. The minimum absolute atomic E-state index is 0.662. The Kier molecular flexibility index (Phi) is 3.21. The van der Waals surface area contributed by atoms with Gasteiger partial charge in [-0.1, -0.05) is 42.8 Å². The summed E-state index contributed by atoms with van der Waals surface area (Å²) in [6.07, 6.45) is 2.30. The summed E-state index contributed by atoms with van der Waals surface area (Å²) in [5.41, 5.74) is 3.32. The van der Waals surface area contributed by atoms with E-state index in [-0.39, 0.29) is 0 Å². The predicted molar refractivity (Wildman–Crippen MR) is 63.6 cm³/mol. The smallest absolute Gasteiger partial charge is 0.202 e. The first-order valence-corrected chi connectivity index (χ1v) is 5.80. The van der Waals surface area contributed by atoms with Crippen LogP contribution in [0.25, 0.3) is 11.3 Å². The molecule has 1 aromatic carbocycles. The summed E-state index contributed by atoms with van der Waals surface area (Å²) in [6, 6.07) is 10.3. The molecule has 0 aliphatic heterocycles. The summed E-state index contributed by atoms with van der Waals surface area (Å²) in [4.78, 5) is 0. The average molecular weight is 266 g/mol. The van der Waals surface area contributed by atoms with E-state index in [0.717, 1.165) is 17.7 Å². The van der Waals surface area contributed by atoms with Crippen molar-refractivity contribution >= 4 is 15.9 Å². The Labute approximate surface area is 97.4 Å². The first-order valence-electron chi connectivity index (χ1n) is 5.01. The van der Waals surface area contributed by atoms with Gasteiger partial charge in [0, 0.05) is 11.6 Å². The van der Waals surface area contributed by atoms with E-state index in [1.165, 1.54) is 12.0 Å². The van der Waals surface area contributed by atoms with Gasteiger partial charge in [0.2, 0.25) is 4.67 Å². The highest BCUT2D eigenvalue weighted by Crippen LogP contribution is 2.22. The van der Waals surface area contributed by atoms with Crippen LogP contribution >= 0.6 is 15.9 Å². The van der Waals surface area contributed by atoms with E-state index in [1.54, 1.807) is 0 Å². The van der Waals surface area contributed by atoms with Crippen LogP contribution in [0.2, 0.25) is 0 Å². The molecule has 2 rings (SSSR count). The van der Waals surface area contributed by atoms with Gasteiger partial charge in [0.25, 0.3) is 0 Å². The van der Waals surface area contributed by atoms with Gasteiger partial charge in [-0.15, -0.1) is 0 Å². The van der Waals surface area contributed by atoms with Crippen molar-refractivity contribution in [2.45, 2.75) is 19.8 Å². The van der Waals surface area contributed by atoms with E-state index in [4.69, 9.17) is 4.52 Å². The number of nitrogens with zero attached hydrogens (tertiary/aromatic N) is 1. The molecule has 0 spiro atoms. The van der Waals surface area contributed by atoms with Crippen LogP contribution in [-0.4, -0.2) is 5.16 Å². The highest BCUT2D eigenvalue weighted by molar-refractivity contribution is 9.10. The van der Waals surface area contributed by atoms with E-state index in [9.17, 15) is 0 Å². The van der Waals surface area contributed by atoms with Gasteiger partial charge in [-0.25, -0.2) is 0 Å². The average Bonchev–Trinajstić information content (AvgIpc) is 2.67. The first-order chi connectivity index (χ1) is 7.29. The number of aryl methyl sites for hydroxylation is 1. The van der Waals surface area contributed by atoms with Gasteiger partial charge >= 0.3 is 0 Å². The molecule has 0 aliphatic carbocycles. The summed E-state index contributed by atoms with van der Waals surface area (Å²) in [7, 11) is 0. The highest BCUT2D eigenvalue weighted by Gasteiger charge is 2.03. The number of benzene rings is 1. The fourth-order valence-electron chi connectivity index (χ4n) is 1.52. The second kappa shape index (κ2) is 4.62. The molecular formula is C12H12BrNO. The maximum Gasteiger partial charge on any atom is 0.202 e. The van der Waals surface area contributed by atoms with Gasteiger partial charge in [-0.05, 0) is 27.9 Å². The Bertz CT molecular complexity index is 433. The van der Waals surface area contributed by atoms with Crippen molar-refractivity contribution in [2.75, 3.05) is 0 Å². The lowest BCUT2D eigenvalue weighted by Gasteiger charge is -1.99. The summed E-state index contributed by atoms with van der Waals surface area (Å²) in [6.45, 7) is 2.18. The molecule has 0 atom stereocenters. The Morgan fingerprint density at radius 1 is 1.27 bits per heavy atom. The van der Waals surface area contributed by atoms with Crippen LogP contribution in [0.15, 0.2) is 39.5 Å². The topological polar surface area (TPSA) is 26.0 Å². The van der Waals surface area contributed by atoms with Gasteiger partial charge in [-0.3, -0.25) is 0 Å². The SMILES string of the molecule is CCCc1ccc(-c2cc(Br)on2)cc1. The van der Waals surface area contributed by atoms with Crippen LogP contribution < -0.4 is 0 Å². The maximum atomic E-state index is 4.96. The number of rotatable bonds is 3. The van der Waals surface area contributed by atoms with Gasteiger partial charge < -0.3 is 4.52 Å². The second-order valence-electron chi connectivity index (χ2n) is 3.46. The lowest BCUT2D eigenvalue weighted by atomic mass is 10.1. The van der Waals surface area contributed by atoms with Crippen LogP contribution in [0.4, 0.5) is 0 Å². The summed E-state index contributed by atoms with van der Waals surface area (Å²) in [5, 5.41) is 3.94. The monoisotopic (exact) mass is 265 g/mol. The highest BCUT2D eigenvalue weighted by atomic mass is 79.9. The molecule has 0 aliphatic rings. The van der Waals surface area contributed by atoms with E-state index in [2.05, 4.69) is 52.3 Å². The number of halogens is 1. The van der Waals surface area contributed by atoms with Crippen molar-refractivity contribution in [3.63, 3.8) is 0 Å². The molecule has 1 aromatic heterocycles. The predicted octanol–water partition coefficient (Wildman–Crippen LogP) is 4.06. The van der Waals surface area contributed by atoms with E-state index in [1.807, 2.05) is 6.07 Å². The van der Waals surface area contributed by atoms with Crippen molar-refractivity contribution in [3.8, 4) is 11.3 Å². The quantitative estimate of drug-likeness (QED) is 0.837. The largest absolute Gasteiger partial charge is 0.349 e. The van der Waals surface area contributed by atoms with Crippen molar-refractivity contribution in [3.05, 3.63) is 40.6 Å². The number of hydrogen-bond donors (Lipinski definition) is 0. The lowest BCUT2D eigenvalue weighted by Crippen LogP contribution is -1.83. The van der Waals surface area contributed by atoms with Crippen molar-refractivity contribution in [1.82, 2.24) is 5.16 Å². The number of hydrogen-bond acceptors (Lipinski definition) is 2. The zero-order valence-corrected chi connectivity index (χ0v) is 10.1. The molecule has 15 heavy (non-hydrogen) atoms. The molecule has 2 nitrogen and oxygen atoms in total. The molecular weight excluding hydrogens is 254 g/mol. The lowest BCUT2D eigenvalue weighted by molar-refractivity contribution is 0.402. The van der Waals surface area contributed by atoms with Crippen molar-refractivity contribution in [2.24, 2.45) is 0 Å². The third kappa shape index (κ3) is 2.48. The molecule has 0 N–H and O–H groups in total. The molecule has 3 heteroatoms. The van der Waals surface area contributed by atoms with Gasteiger partial charge in [-0.2, -0.15) is 0 Å². The van der Waals surface area contributed by atoms with Crippen LogP contribution in [-0.2, 0) is 6.42 Å². The van der Waals surface area contributed by atoms with Crippen molar-refractivity contribution in [1.29, 1.82) is 0 Å². The molecule has 0 amide bonds. The standard InChI is InChI=1S/C12H12BrNO/c1-2-3-9-4-6-10(7-5-9)11-8-12(13)15-14-11/h4-8H,2-3H2,1H3. The molecule has 0 saturated carbocycles. The zero-order chi connectivity index (χ0) is 10.7. The Morgan fingerprint density at radius 3 is 2.53 bits per heavy atom. The van der Waals surface area contributed by atoms with Crippen LogP contribution in [0.3, 0.4) is 0 Å². The van der Waals surface area contributed by atoms with Gasteiger partial charge in [0.1, 0.15) is 5.69 Å². The normalized spacial score (nSPS) is 10.5. The van der Waals surface area contributed by atoms with Gasteiger partial charge in [0.05, 0.1) is 0 Å². The molecule has 2 aromatic rings. The molecule has 1 heterocycles. The summed E-state index contributed by atoms with van der Waals surface area (Å²) in [5.74, 6) is 0. The summed E-state index contributed by atoms with van der Waals surface area (Å²) >= 11 is 3.24. The molecule has 0 fully saturated rings. The second-order valence-corrected chi connectivity index (χ2v) is 4.24. The Balaban J connectivity index is 2.23. The third-order valence-corrected chi connectivity index (χ3v) is 2.64. The molecule has 0 unspecified atom stereocenters. The Morgan fingerprint density at radius 2 is 2.00 bits per heavy atom.